The molecule has 2 aliphatic heterocycles. The van der Waals surface area contributed by atoms with Gasteiger partial charge in [0.2, 0.25) is 0 Å². The molecule has 0 saturated carbocycles. The van der Waals surface area contributed by atoms with E-state index in [0.29, 0.717) is 6.17 Å². The summed E-state index contributed by atoms with van der Waals surface area (Å²) in [5, 5.41) is 0. The Balaban J connectivity index is 1.42. The molecule has 0 amide bonds. The zero-order valence-corrected chi connectivity index (χ0v) is 20.5. The molecule has 0 fully saturated rings. The highest BCUT2D eigenvalue weighted by molar-refractivity contribution is 5.80. The van der Waals surface area contributed by atoms with Gasteiger partial charge in [0.05, 0.1) is 36.1 Å². The van der Waals surface area contributed by atoms with Crippen LogP contribution in [0.3, 0.4) is 0 Å². The van der Waals surface area contributed by atoms with Gasteiger partial charge >= 0.3 is 0 Å². The summed E-state index contributed by atoms with van der Waals surface area (Å²) in [6, 6.07) is 17.8. The van der Waals surface area contributed by atoms with Crippen molar-refractivity contribution in [2.45, 2.75) is 77.3 Å². The summed E-state index contributed by atoms with van der Waals surface area (Å²) in [5.74, 6) is 0. The summed E-state index contributed by atoms with van der Waals surface area (Å²) in [7, 11) is 4.44. The standard InChI is InChI=1S/C28H42N4/c1-4-5-6-7-8-9-10-11-12-21-28(31-22-29(2)24-17-13-15-19-26(24)31)32-23-30(3)25-18-14-16-20-27(25)32/h13-20,28H,4-12,21-23H2,1-3H3. The SMILES string of the molecule is CCCCCCCCCCCC(N1CN(C)c2ccccc21)N1CN(C)c2ccccc21. The van der Waals surface area contributed by atoms with Gasteiger partial charge in [-0.25, -0.2) is 0 Å². The van der Waals surface area contributed by atoms with E-state index in [0.717, 1.165) is 13.3 Å². The lowest BCUT2D eigenvalue weighted by molar-refractivity contribution is 0.488. The first-order chi connectivity index (χ1) is 15.7. The third-order valence-corrected chi connectivity index (χ3v) is 7.22. The first-order valence-electron chi connectivity index (χ1n) is 12.8. The number of anilines is 4. The van der Waals surface area contributed by atoms with Crippen LogP contribution < -0.4 is 19.6 Å². The fourth-order valence-corrected chi connectivity index (χ4v) is 5.45. The number of nitrogens with zero attached hydrogens (tertiary/aromatic N) is 4. The maximum Gasteiger partial charge on any atom is 0.105 e. The highest BCUT2D eigenvalue weighted by Gasteiger charge is 2.36. The maximum absolute atomic E-state index is 2.63. The van der Waals surface area contributed by atoms with Crippen molar-refractivity contribution < 1.29 is 0 Å². The van der Waals surface area contributed by atoms with E-state index in [1.54, 1.807) is 0 Å². The second-order valence-electron chi connectivity index (χ2n) is 9.69. The van der Waals surface area contributed by atoms with Crippen LogP contribution in [0.4, 0.5) is 22.7 Å². The number of unbranched alkanes of at least 4 members (excludes halogenated alkanes) is 8. The molecular weight excluding hydrogens is 392 g/mol. The van der Waals surface area contributed by atoms with E-state index in [1.807, 2.05) is 0 Å². The Bertz CT molecular complexity index is 791. The van der Waals surface area contributed by atoms with E-state index in [2.05, 4.69) is 89.1 Å². The van der Waals surface area contributed by atoms with Crippen molar-refractivity contribution in [3.05, 3.63) is 48.5 Å². The molecule has 0 aliphatic carbocycles. The average molecular weight is 435 g/mol. The van der Waals surface area contributed by atoms with Crippen LogP contribution >= 0.6 is 0 Å². The van der Waals surface area contributed by atoms with Gasteiger partial charge in [0.15, 0.2) is 0 Å². The first kappa shape index (κ1) is 22.8. The molecule has 0 aromatic heterocycles. The molecule has 0 radical (unpaired) electrons. The van der Waals surface area contributed by atoms with Gasteiger partial charge < -0.3 is 19.6 Å². The molecule has 2 aromatic rings. The van der Waals surface area contributed by atoms with Crippen molar-refractivity contribution in [3.8, 4) is 0 Å². The van der Waals surface area contributed by atoms with E-state index >= 15 is 0 Å². The Morgan fingerprint density at radius 2 is 1.00 bits per heavy atom. The van der Waals surface area contributed by atoms with E-state index in [9.17, 15) is 0 Å². The van der Waals surface area contributed by atoms with Gasteiger partial charge in [-0.2, -0.15) is 0 Å². The van der Waals surface area contributed by atoms with Crippen molar-refractivity contribution in [3.63, 3.8) is 0 Å². The lowest BCUT2D eigenvalue weighted by Gasteiger charge is -2.38. The number of fused-ring (bicyclic) bond motifs is 2. The lowest BCUT2D eigenvalue weighted by Crippen LogP contribution is -2.50. The molecule has 0 saturated heterocycles. The van der Waals surface area contributed by atoms with Gasteiger partial charge in [0.1, 0.15) is 6.17 Å². The fraction of sp³-hybridized carbons (Fsp3) is 0.571. The van der Waals surface area contributed by atoms with Gasteiger partial charge in [-0.15, -0.1) is 0 Å². The molecule has 0 N–H and O–H groups in total. The van der Waals surface area contributed by atoms with E-state index in [-0.39, 0.29) is 0 Å². The molecule has 4 heteroatoms. The molecule has 32 heavy (non-hydrogen) atoms. The molecule has 2 aliphatic rings. The van der Waals surface area contributed by atoms with Crippen LogP contribution in [0.1, 0.15) is 71.1 Å². The predicted molar refractivity (Wildman–Crippen MR) is 140 cm³/mol. The van der Waals surface area contributed by atoms with Crippen molar-refractivity contribution in [2.24, 2.45) is 0 Å². The largest absolute Gasteiger partial charge is 0.355 e. The Morgan fingerprint density at radius 1 is 0.594 bits per heavy atom. The summed E-state index contributed by atoms with van der Waals surface area (Å²) in [4.78, 5) is 10.1. The maximum atomic E-state index is 2.63. The summed E-state index contributed by atoms with van der Waals surface area (Å²) in [6.07, 6.45) is 14.0. The van der Waals surface area contributed by atoms with Gasteiger partial charge in [-0.1, -0.05) is 82.6 Å². The molecule has 0 unspecified atom stereocenters. The molecule has 4 rings (SSSR count). The molecule has 0 bridgehead atoms. The van der Waals surface area contributed by atoms with E-state index in [1.165, 1.54) is 87.0 Å². The molecular formula is C28H42N4. The van der Waals surface area contributed by atoms with Crippen molar-refractivity contribution in [1.82, 2.24) is 0 Å². The van der Waals surface area contributed by atoms with Crippen molar-refractivity contribution in [2.75, 3.05) is 47.0 Å². The molecule has 4 nitrogen and oxygen atoms in total. The van der Waals surface area contributed by atoms with Crippen LogP contribution in [-0.2, 0) is 0 Å². The van der Waals surface area contributed by atoms with Gasteiger partial charge in [0, 0.05) is 14.1 Å². The number of benzene rings is 2. The second kappa shape index (κ2) is 11.0. The highest BCUT2D eigenvalue weighted by Crippen LogP contribution is 2.42. The minimum Gasteiger partial charge on any atom is -0.355 e. The van der Waals surface area contributed by atoms with Crippen LogP contribution in [0.15, 0.2) is 48.5 Å². The molecule has 174 valence electrons. The van der Waals surface area contributed by atoms with Crippen LogP contribution in [0, 0.1) is 0 Å². The number of para-hydroxylation sites is 4. The zero-order chi connectivity index (χ0) is 22.3. The number of rotatable bonds is 12. The van der Waals surface area contributed by atoms with E-state index < -0.39 is 0 Å². The van der Waals surface area contributed by atoms with Crippen molar-refractivity contribution >= 4 is 22.7 Å². The van der Waals surface area contributed by atoms with Gasteiger partial charge in [-0.05, 0) is 37.1 Å². The summed E-state index contributed by atoms with van der Waals surface area (Å²) in [6.45, 7) is 4.22. The molecule has 2 aromatic carbocycles. The molecule has 0 spiro atoms. The van der Waals surface area contributed by atoms with Crippen LogP contribution in [-0.4, -0.2) is 33.6 Å². The van der Waals surface area contributed by atoms with Crippen molar-refractivity contribution in [1.29, 1.82) is 0 Å². The predicted octanol–water partition coefficient (Wildman–Crippen LogP) is 7.06. The Hall–Kier alpha value is -2.36. The third kappa shape index (κ3) is 5.00. The Kier molecular flexibility index (Phi) is 7.83. The summed E-state index contributed by atoms with van der Waals surface area (Å²) >= 11 is 0. The van der Waals surface area contributed by atoms with Gasteiger partial charge in [-0.3, -0.25) is 0 Å². The van der Waals surface area contributed by atoms with E-state index in [4.69, 9.17) is 0 Å². The Morgan fingerprint density at radius 3 is 1.47 bits per heavy atom. The summed E-state index contributed by atoms with van der Waals surface area (Å²) in [5.41, 5.74) is 5.46. The third-order valence-electron chi connectivity index (χ3n) is 7.22. The first-order valence-corrected chi connectivity index (χ1v) is 12.8. The molecule has 0 atom stereocenters. The highest BCUT2D eigenvalue weighted by atomic mass is 15.5. The number of hydrogen-bond acceptors (Lipinski definition) is 4. The van der Waals surface area contributed by atoms with Gasteiger partial charge in [0.25, 0.3) is 0 Å². The topological polar surface area (TPSA) is 13.0 Å². The smallest absolute Gasteiger partial charge is 0.105 e. The summed E-state index contributed by atoms with van der Waals surface area (Å²) < 4.78 is 0. The minimum absolute atomic E-state index is 0.386. The lowest BCUT2D eigenvalue weighted by atomic mass is 10.0. The monoisotopic (exact) mass is 434 g/mol. The number of hydrogen-bond donors (Lipinski definition) is 0. The minimum atomic E-state index is 0.386. The average Bonchev–Trinajstić information content (AvgIpc) is 3.33. The fourth-order valence-electron chi connectivity index (χ4n) is 5.45. The Labute approximate surface area is 195 Å². The van der Waals surface area contributed by atoms with Crippen LogP contribution in [0.25, 0.3) is 0 Å². The van der Waals surface area contributed by atoms with Crippen LogP contribution in [0.2, 0.25) is 0 Å². The zero-order valence-electron chi connectivity index (χ0n) is 20.5. The normalized spacial score (nSPS) is 15.1. The van der Waals surface area contributed by atoms with Crippen LogP contribution in [0.5, 0.6) is 0 Å². The second-order valence-corrected chi connectivity index (χ2v) is 9.69. The quantitative estimate of drug-likeness (QED) is 0.331. The molecule has 2 heterocycles.